The van der Waals surface area contributed by atoms with Crippen molar-refractivity contribution in [3.63, 3.8) is 0 Å². The van der Waals surface area contributed by atoms with Crippen molar-refractivity contribution in [3.8, 4) is 5.75 Å². The number of nitrogens with zero attached hydrogens (tertiary/aromatic N) is 2. The number of rotatable bonds is 4. The molecular weight excluding hydrogens is 268 g/mol. The van der Waals surface area contributed by atoms with Crippen LogP contribution in [0.1, 0.15) is 24.4 Å². The molecule has 5 heteroatoms. The summed E-state index contributed by atoms with van der Waals surface area (Å²) >= 11 is 0. The maximum Gasteiger partial charge on any atom is 0.236 e. The number of amides is 1. The molecule has 0 bridgehead atoms. The number of hydrogen-bond acceptors (Lipinski definition) is 4. The lowest BCUT2D eigenvalue weighted by atomic mass is 10.0. The Kier molecular flexibility index (Phi) is 4.12. The molecular formula is C16H22N2O3. The van der Waals surface area contributed by atoms with Crippen LogP contribution in [0.4, 0.5) is 0 Å². The molecule has 0 saturated carbocycles. The van der Waals surface area contributed by atoms with Crippen LogP contribution < -0.4 is 4.74 Å². The van der Waals surface area contributed by atoms with Gasteiger partial charge in [0.05, 0.1) is 19.8 Å². The van der Waals surface area contributed by atoms with E-state index < -0.39 is 0 Å². The fourth-order valence-corrected chi connectivity index (χ4v) is 3.09. The number of β-amino-alcohol motifs (C(OH)–C–C–N with tert-alkyl or cyclic N) is 1. The largest absolute Gasteiger partial charge is 0.497 e. The van der Waals surface area contributed by atoms with Crippen molar-refractivity contribution < 1.29 is 14.6 Å². The molecule has 2 saturated heterocycles. The highest BCUT2D eigenvalue weighted by molar-refractivity contribution is 5.79. The first-order chi connectivity index (χ1) is 10.2. The van der Waals surface area contributed by atoms with Gasteiger partial charge in [-0.1, -0.05) is 12.1 Å². The monoisotopic (exact) mass is 290 g/mol. The average molecular weight is 290 g/mol. The first-order valence-electron chi connectivity index (χ1n) is 7.51. The molecule has 0 spiro atoms. The third kappa shape index (κ3) is 3.04. The minimum absolute atomic E-state index is 0.0836. The Balaban J connectivity index is 1.73. The quantitative estimate of drug-likeness (QED) is 0.900. The molecule has 2 heterocycles. The van der Waals surface area contributed by atoms with E-state index in [1.54, 1.807) is 7.11 Å². The summed E-state index contributed by atoms with van der Waals surface area (Å²) in [7, 11) is 1.65. The van der Waals surface area contributed by atoms with Crippen LogP contribution in [0.25, 0.3) is 0 Å². The van der Waals surface area contributed by atoms with E-state index in [4.69, 9.17) is 4.74 Å². The molecule has 2 atom stereocenters. The van der Waals surface area contributed by atoms with E-state index in [1.165, 1.54) is 0 Å². The van der Waals surface area contributed by atoms with E-state index in [1.807, 2.05) is 29.2 Å². The molecule has 1 aromatic carbocycles. The van der Waals surface area contributed by atoms with Gasteiger partial charge in [0.25, 0.3) is 0 Å². The third-order valence-electron chi connectivity index (χ3n) is 4.41. The van der Waals surface area contributed by atoms with Crippen LogP contribution in [0.5, 0.6) is 5.75 Å². The molecule has 5 nitrogen and oxygen atoms in total. The number of ether oxygens (including phenoxy) is 1. The summed E-state index contributed by atoms with van der Waals surface area (Å²) in [4.78, 5) is 16.1. The molecule has 0 radical (unpaired) electrons. The minimum Gasteiger partial charge on any atom is -0.497 e. The smallest absolute Gasteiger partial charge is 0.236 e. The van der Waals surface area contributed by atoms with Crippen LogP contribution in [-0.4, -0.2) is 60.2 Å². The lowest BCUT2D eigenvalue weighted by molar-refractivity contribution is -0.136. The Morgan fingerprint density at radius 1 is 1.43 bits per heavy atom. The Morgan fingerprint density at radius 2 is 2.24 bits per heavy atom. The van der Waals surface area contributed by atoms with Crippen LogP contribution in [0.15, 0.2) is 24.3 Å². The van der Waals surface area contributed by atoms with Gasteiger partial charge in [-0.25, -0.2) is 0 Å². The molecule has 1 amide bonds. The second-order valence-corrected chi connectivity index (χ2v) is 5.85. The lowest BCUT2D eigenvalue weighted by Gasteiger charge is -2.33. The number of benzene rings is 1. The van der Waals surface area contributed by atoms with Gasteiger partial charge in [0.15, 0.2) is 0 Å². The van der Waals surface area contributed by atoms with Gasteiger partial charge in [0.2, 0.25) is 5.91 Å². The van der Waals surface area contributed by atoms with Crippen molar-refractivity contribution in [2.75, 3.05) is 33.3 Å². The van der Waals surface area contributed by atoms with Crippen LogP contribution in [0.3, 0.4) is 0 Å². The molecule has 1 N–H and O–H groups in total. The van der Waals surface area contributed by atoms with E-state index >= 15 is 0 Å². The predicted octanol–water partition coefficient (Wildman–Crippen LogP) is 1.04. The lowest BCUT2D eigenvalue weighted by Crippen LogP contribution is -2.47. The Labute approximate surface area is 125 Å². The molecule has 21 heavy (non-hydrogen) atoms. The average Bonchev–Trinajstić information content (AvgIpc) is 2.77. The summed E-state index contributed by atoms with van der Waals surface area (Å²) in [6, 6.07) is 7.97. The minimum atomic E-state index is -0.370. The first kappa shape index (κ1) is 14.4. The fraction of sp³-hybridized carbons (Fsp3) is 0.562. The number of carbonyl (C=O) groups excluding carboxylic acids is 1. The topological polar surface area (TPSA) is 53.0 Å². The van der Waals surface area contributed by atoms with Crippen molar-refractivity contribution in [1.29, 1.82) is 0 Å². The van der Waals surface area contributed by atoms with Crippen molar-refractivity contribution in [2.24, 2.45) is 0 Å². The summed E-state index contributed by atoms with van der Waals surface area (Å²) < 4.78 is 5.27. The molecule has 2 aliphatic heterocycles. The molecule has 2 fully saturated rings. The second kappa shape index (κ2) is 6.03. The van der Waals surface area contributed by atoms with Gasteiger partial charge in [-0.05, 0) is 30.5 Å². The highest BCUT2D eigenvalue weighted by atomic mass is 16.5. The molecule has 3 rings (SSSR count). The number of likely N-dealkylation sites (tertiary alicyclic amines) is 2. The molecule has 2 aliphatic rings. The fourth-order valence-electron chi connectivity index (χ4n) is 3.09. The van der Waals surface area contributed by atoms with Crippen LogP contribution in [0, 0.1) is 0 Å². The predicted molar refractivity (Wildman–Crippen MR) is 79.1 cm³/mol. The van der Waals surface area contributed by atoms with E-state index in [-0.39, 0.29) is 18.1 Å². The highest BCUT2D eigenvalue weighted by Crippen LogP contribution is 2.33. The zero-order chi connectivity index (χ0) is 14.8. The van der Waals surface area contributed by atoms with Crippen molar-refractivity contribution in [3.05, 3.63) is 29.8 Å². The standard InChI is InChI=1S/C16H22N2O3/c1-21-14-5-2-4-12(8-14)15-9-13(19)10-18(15)11-16(20)17-6-3-7-17/h2,4-5,8,13,15,19H,3,6-7,9-11H2,1H3/t13-,15+/m0/s1. The van der Waals surface area contributed by atoms with Gasteiger partial charge < -0.3 is 14.7 Å². The van der Waals surface area contributed by atoms with Gasteiger partial charge >= 0.3 is 0 Å². The van der Waals surface area contributed by atoms with E-state index in [9.17, 15) is 9.90 Å². The number of hydrogen-bond donors (Lipinski definition) is 1. The highest BCUT2D eigenvalue weighted by Gasteiger charge is 2.34. The number of aliphatic hydroxyl groups excluding tert-OH is 1. The third-order valence-corrected chi connectivity index (χ3v) is 4.41. The van der Waals surface area contributed by atoms with Crippen molar-refractivity contribution in [1.82, 2.24) is 9.80 Å². The summed E-state index contributed by atoms with van der Waals surface area (Å²) in [5.41, 5.74) is 1.10. The zero-order valence-corrected chi connectivity index (χ0v) is 12.4. The Hall–Kier alpha value is -1.59. The SMILES string of the molecule is COc1cccc([C@H]2C[C@H](O)CN2CC(=O)N2CCC2)c1. The number of aliphatic hydroxyl groups is 1. The summed E-state index contributed by atoms with van der Waals surface area (Å²) in [6.07, 6.45) is 1.40. The molecule has 0 unspecified atom stereocenters. The molecule has 114 valence electrons. The Bertz CT molecular complexity index is 516. The van der Waals surface area contributed by atoms with Gasteiger partial charge in [0.1, 0.15) is 5.75 Å². The molecule has 0 aromatic heterocycles. The van der Waals surface area contributed by atoms with Gasteiger partial charge in [-0.2, -0.15) is 0 Å². The van der Waals surface area contributed by atoms with E-state index in [0.717, 1.165) is 30.8 Å². The van der Waals surface area contributed by atoms with Gasteiger partial charge in [-0.3, -0.25) is 9.69 Å². The van der Waals surface area contributed by atoms with Crippen molar-refractivity contribution in [2.45, 2.75) is 25.0 Å². The van der Waals surface area contributed by atoms with E-state index in [2.05, 4.69) is 4.90 Å². The summed E-state index contributed by atoms with van der Waals surface area (Å²) in [5.74, 6) is 0.978. The summed E-state index contributed by atoms with van der Waals surface area (Å²) in [6.45, 7) is 2.69. The zero-order valence-electron chi connectivity index (χ0n) is 12.4. The number of carbonyl (C=O) groups is 1. The van der Waals surface area contributed by atoms with E-state index in [0.29, 0.717) is 19.5 Å². The Morgan fingerprint density at radius 3 is 2.90 bits per heavy atom. The number of methoxy groups -OCH3 is 1. The summed E-state index contributed by atoms with van der Waals surface area (Å²) in [5, 5.41) is 9.98. The normalized spacial score (nSPS) is 25.7. The van der Waals surface area contributed by atoms with Gasteiger partial charge in [-0.15, -0.1) is 0 Å². The van der Waals surface area contributed by atoms with Crippen LogP contribution >= 0.6 is 0 Å². The maximum atomic E-state index is 12.2. The maximum absolute atomic E-state index is 12.2. The van der Waals surface area contributed by atoms with Crippen molar-refractivity contribution >= 4 is 5.91 Å². The van der Waals surface area contributed by atoms with Gasteiger partial charge in [0, 0.05) is 25.7 Å². The molecule has 0 aliphatic carbocycles. The van der Waals surface area contributed by atoms with Crippen LogP contribution in [0.2, 0.25) is 0 Å². The first-order valence-corrected chi connectivity index (χ1v) is 7.51. The molecule has 1 aromatic rings. The van der Waals surface area contributed by atoms with Crippen LogP contribution in [-0.2, 0) is 4.79 Å². The second-order valence-electron chi connectivity index (χ2n) is 5.85.